The molecule has 0 unspecified atom stereocenters. The molecule has 2 nitrogen and oxygen atoms in total. The summed E-state index contributed by atoms with van der Waals surface area (Å²) in [4.78, 5) is 0. The molecule has 0 amide bonds. The van der Waals surface area contributed by atoms with Gasteiger partial charge in [0.15, 0.2) is 0 Å². The van der Waals surface area contributed by atoms with Crippen molar-refractivity contribution in [1.29, 1.82) is 0 Å². The normalized spacial score (nSPS) is 15.6. The number of halogens is 2. The number of ether oxygens (including phenoxy) is 1. The van der Waals surface area contributed by atoms with Gasteiger partial charge >= 0.3 is 139 Å². The molecule has 0 saturated carbocycles. The van der Waals surface area contributed by atoms with E-state index in [-0.39, 0.29) is 30.2 Å². The van der Waals surface area contributed by atoms with Crippen LogP contribution in [0.5, 0.6) is 11.5 Å². The Bertz CT molecular complexity index is 641. The van der Waals surface area contributed by atoms with Crippen molar-refractivity contribution >= 4 is 32.9 Å². The summed E-state index contributed by atoms with van der Waals surface area (Å²) in [5.41, 5.74) is 1.33. The molecule has 1 aliphatic rings. The zero-order chi connectivity index (χ0) is 16.6. The van der Waals surface area contributed by atoms with E-state index in [2.05, 4.69) is 61.6 Å². The fourth-order valence-electron chi connectivity index (χ4n) is 2.74. The zero-order valence-electron chi connectivity index (χ0n) is 15.8. The van der Waals surface area contributed by atoms with Gasteiger partial charge in [-0.05, 0) is 0 Å². The van der Waals surface area contributed by atoms with Gasteiger partial charge in [0.25, 0.3) is 0 Å². The van der Waals surface area contributed by atoms with Crippen LogP contribution in [0.1, 0.15) is 32.8 Å². The standard InChI is InChI=1S/C11H16O2.C5H5.2CH3.2ClH.H3Si.Ti/c1-11(2,3)8-5-9(12)7-10(6-8)13-4;1-2-4-5-3-1;;;;;;/h5-7,12H,1-4H3;1-3H,4H2;2*1H3;2*1H;1H3;/q;;;;;;;+1/p-1. The Morgan fingerprint density at radius 1 is 1.04 bits per heavy atom. The van der Waals surface area contributed by atoms with E-state index in [9.17, 15) is 0 Å². The van der Waals surface area contributed by atoms with E-state index in [4.69, 9.17) is 8.06 Å². The van der Waals surface area contributed by atoms with Crippen molar-refractivity contribution in [1.82, 2.24) is 0 Å². The summed E-state index contributed by atoms with van der Waals surface area (Å²) in [7, 11) is 2.81. The maximum atomic E-state index is 6.72. The molecule has 0 bridgehead atoms. The van der Waals surface area contributed by atoms with Crippen molar-refractivity contribution in [3.8, 4) is 11.5 Å². The van der Waals surface area contributed by atoms with E-state index >= 15 is 0 Å². The summed E-state index contributed by atoms with van der Waals surface area (Å²) < 4.78 is 13.7. The monoisotopic (exact) mass is 425 g/mol. The van der Waals surface area contributed by atoms with Crippen LogP contribution in [0.15, 0.2) is 40.3 Å². The Balaban J connectivity index is 0.00000264. The molecule has 0 heterocycles. The zero-order valence-corrected chi connectivity index (χ0v) is 21.0. The van der Waals surface area contributed by atoms with Crippen LogP contribution < -0.4 is 8.06 Å². The molecule has 1 aromatic carbocycles. The van der Waals surface area contributed by atoms with Crippen LogP contribution in [0.4, 0.5) is 0 Å². The van der Waals surface area contributed by atoms with Gasteiger partial charge in [-0.15, -0.1) is 24.8 Å². The molecule has 6 heteroatoms. The maximum Gasteiger partial charge on any atom is -0.147 e. The van der Waals surface area contributed by atoms with E-state index in [1.54, 1.807) is 7.11 Å². The van der Waals surface area contributed by atoms with Gasteiger partial charge in [-0.2, -0.15) is 0 Å². The van der Waals surface area contributed by atoms with Crippen LogP contribution in [0.2, 0.25) is 10.5 Å². The first-order valence-corrected chi connectivity index (χ1v) is 18.2. The molecule has 0 aliphatic heterocycles. The number of hydrogen-bond donors (Lipinski definition) is 0. The fraction of sp³-hybridized carbons (Fsp3) is 0.444. The Hall–Kier alpha value is -0.189. The molecule has 1 aromatic rings. The molecule has 137 valence electrons. The molecule has 0 radical (unpaired) electrons. The molecule has 0 saturated heterocycles. The summed E-state index contributed by atoms with van der Waals surface area (Å²) in [5.74, 6) is 1.85. The predicted octanol–water partition coefficient (Wildman–Crippen LogP) is 5.04. The van der Waals surface area contributed by atoms with E-state index in [1.165, 1.54) is 9.44 Å². The number of rotatable bonds is 4. The van der Waals surface area contributed by atoms with Gasteiger partial charge in [-0.3, -0.25) is 0 Å². The first-order valence-electron chi connectivity index (χ1n) is 7.97. The molecule has 2 rings (SSSR count). The SMILES string of the molecule is COc1cc([O][Ti]([CH3])([CH3])([SiH3])[C]2=CC=CC2)cc(C(C)(C)C)c1.Cl.Cl. The first kappa shape index (κ1) is 23.8. The summed E-state index contributed by atoms with van der Waals surface area (Å²) in [6, 6.07) is 6.34. The van der Waals surface area contributed by atoms with Gasteiger partial charge in [0.05, 0.1) is 0 Å². The fourth-order valence-corrected chi connectivity index (χ4v) is 9.22. The van der Waals surface area contributed by atoms with Gasteiger partial charge in [-0.25, -0.2) is 0 Å². The third-order valence-corrected chi connectivity index (χ3v) is 13.3. The largest absolute Gasteiger partial charge is 0.147 e. The molecule has 24 heavy (non-hydrogen) atoms. The van der Waals surface area contributed by atoms with Crippen LogP contribution in [0.3, 0.4) is 0 Å². The number of benzene rings is 1. The summed E-state index contributed by atoms with van der Waals surface area (Å²) in [5, 5.41) is 4.77. The van der Waals surface area contributed by atoms with Gasteiger partial charge < -0.3 is 0 Å². The first-order chi connectivity index (χ1) is 9.99. The third kappa shape index (κ3) is 5.67. The quantitative estimate of drug-likeness (QED) is 0.629. The average Bonchev–Trinajstić information content (AvgIpc) is 2.91. The minimum Gasteiger partial charge on any atom is -0.147 e. The average molecular weight is 426 g/mol. The van der Waals surface area contributed by atoms with Crippen molar-refractivity contribution in [2.24, 2.45) is 0 Å². The van der Waals surface area contributed by atoms with Crippen molar-refractivity contribution in [3.63, 3.8) is 0 Å². The molecule has 0 atom stereocenters. The summed E-state index contributed by atoms with van der Waals surface area (Å²) in [6.45, 7) is 6.66. The van der Waals surface area contributed by atoms with Crippen LogP contribution in [-0.4, -0.2) is 15.2 Å². The Morgan fingerprint density at radius 2 is 1.62 bits per heavy atom. The van der Waals surface area contributed by atoms with E-state index < -0.39 is 14.9 Å². The van der Waals surface area contributed by atoms with Gasteiger partial charge in [0, 0.05) is 0 Å². The molecule has 0 aromatic heterocycles. The van der Waals surface area contributed by atoms with Crippen molar-refractivity contribution in [2.45, 2.75) is 43.1 Å². The van der Waals surface area contributed by atoms with Gasteiger partial charge in [0.1, 0.15) is 0 Å². The van der Waals surface area contributed by atoms with Gasteiger partial charge in [-0.1, -0.05) is 0 Å². The van der Waals surface area contributed by atoms with Crippen molar-refractivity contribution in [3.05, 3.63) is 45.9 Å². The molecule has 0 spiro atoms. The molecular weight excluding hydrogens is 395 g/mol. The van der Waals surface area contributed by atoms with E-state index in [0.29, 0.717) is 0 Å². The van der Waals surface area contributed by atoms with Crippen LogP contribution in [0, 0.1) is 0 Å². The van der Waals surface area contributed by atoms with Crippen LogP contribution in [-0.2, 0) is 20.4 Å². The number of hydrogen-bond acceptors (Lipinski definition) is 2. The summed E-state index contributed by atoms with van der Waals surface area (Å²) >= 11 is -2.98. The Labute approximate surface area is 162 Å². The van der Waals surface area contributed by atoms with Crippen molar-refractivity contribution in [2.75, 3.05) is 7.11 Å². The molecule has 0 N–H and O–H groups in total. The number of allylic oxidation sites excluding steroid dienone is 4. The molecular formula is C18H31Cl2O2SiTi. The second-order valence-electron chi connectivity index (χ2n) is 8.54. The second kappa shape index (κ2) is 8.01. The number of methoxy groups -OCH3 is 1. The van der Waals surface area contributed by atoms with Crippen LogP contribution >= 0.6 is 24.8 Å². The maximum absolute atomic E-state index is 6.72. The third-order valence-electron chi connectivity index (χ3n) is 4.32. The molecule has 1 aliphatic carbocycles. The Kier molecular flexibility index (Phi) is 7.95. The minimum atomic E-state index is -2.98. The van der Waals surface area contributed by atoms with Gasteiger partial charge in [0.2, 0.25) is 0 Å². The van der Waals surface area contributed by atoms with Crippen molar-refractivity contribution < 1.29 is 23.0 Å². The summed E-state index contributed by atoms with van der Waals surface area (Å²) in [6.07, 6.45) is 7.73. The smallest absolute Gasteiger partial charge is 0.147 e. The topological polar surface area (TPSA) is 18.5 Å². The second-order valence-corrected chi connectivity index (χ2v) is 31.1. The van der Waals surface area contributed by atoms with E-state index in [0.717, 1.165) is 26.0 Å². The predicted molar refractivity (Wildman–Crippen MR) is 110 cm³/mol. The Morgan fingerprint density at radius 3 is 2.08 bits per heavy atom. The van der Waals surface area contributed by atoms with Crippen LogP contribution in [0.25, 0.3) is 0 Å². The van der Waals surface area contributed by atoms with E-state index in [1.807, 2.05) is 6.07 Å². The minimum absolute atomic E-state index is 0. The molecule has 0 fully saturated rings.